The van der Waals surface area contributed by atoms with Crippen LogP contribution >= 0.6 is 23.2 Å². The molecular weight excluding hydrogens is 361 g/mol. The maximum Gasteiger partial charge on any atom is 0.329 e. The number of nitrogens with two attached hydrogens (primary N) is 1. The van der Waals surface area contributed by atoms with E-state index in [0.29, 0.717) is 15.9 Å². The van der Waals surface area contributed by atoms with E-state index in [2.05, 4.69) is 4.98 Å². The topological polar surface area (TPSA) is 80.9 Å². The third-order valence-corrected chi connectivity index (χ3v) is 3.89. The van der Waals surface area contributed by atoms with E-state index in [1.54, 1.807) is 63.2 Å². The molecular formula is C18H19Cl2N3O2. The molecule has 25 heavy (non-hydrogen) atoms. The summed E-state index contributed by atoms with van der Waals surface area (Å²) >= 11 is 11.4. The smallest absolute Gasteiger partial charge is 0.329 e. The Balaban J connectivity index is 0.000000236. The number of rotatable bonds is 0. The molecule has 0 bridgehead atoms. The molecule has 1 heterocycles. The Morgan fingerprint density at radius 3 is 2.04 bits per heavy atom. The molecule has 3 rings (SSSR count). The number of nitrogen functional groups attached to an aromatic ring is 1. The Bertz CT molecular complexity index is 979. The Morgan fingerprint density at radius 2 is 1.52 bits per heavy atom. The first-order valence-electron chi connectivity index (χ1n) is 7.56. The molecule has 0 aliphatic heterocycles. The van der Waals surface area contributed by atoms with Crippen molar-refractivity contribution in [3.8, 4) is 0 Å². The normalized spacial score (nSPS) is 11.1. The lowest BCUT2D eigenvalue weighted by Gasteiger charge is -2.21. The molecule has 0 spiro atoms. The van der Waals surface area contributed by atoms with Gasteiger partial charge in [-0.25, -0.2) is 4.79 Å². The number of anilines is 1. The molecule has 5 nitrogen and oxygen atoms in total. The average molecular weight is 380 g/mol. The highest BCUT2D eigenvalue weighted by Gasteiger charge is 2.19. The Kier molecular flexibility index (Phi) is 5.60. The van der Waals surface area contributed by atoms with Crippen LogP contribution in [0.4, 0.5) is 5.69 Å². The molecule has 0 atom stereocenters. The highest BCUT2D eigenvalue weighted by atomic mass is 35.5. The fraction of sp³-hybridized carbons (Fsp3) is 0.222. The van der Waals surface area contributed by atoms with E-state index >= 15 is 0 Å². The summed E-state index contributed by atoms with van der Waals surface area (Å²) in [5, 5.41) is 1.62. The van der Waals surface area contributed by atoms with E-state index in [-0.39, 0.29) is 5.56 Å². The molecule has 0 amide bonds. The molecule has 0 aliphatic carbocycles. The number of hydrogen-bond donors (Lipinski definition) is 2. The van der Waals surface area contributed by atoms with E-state index in [4.69, 9.17) is 28.9 Å². The molecule has 3 aromatic rings. The zero-order valence-electron chi connectivity index (χ0n) is 14.1. The Morgan fingerprint density at radius 1 is 0.960 bits per heavy atom. The van der Waals surface area contributed by atoms with Gasteiger partial charge in [-0.2, -0.15) is 0 Å². The lowest BCUT2D eigenvalue weighted by atomic mass is 10.1. The molecule has 7 heteroatoms. The van der Waals surface area contributed by atoms with Gasteiger partial charge in [0, 0.05) is 21.3 Å². The quantitative estimate of drug-likeness (QED) is 0.578. The van der Waals surface area contributed by atoms with E-state index < -0.39 is 11.2 Å². The fourth-order valence-corrected chi connectivity index (χ4v) is 2.56. The van der Waals surface area contributed by atoms with Crippen molar-refractivity contribution in [2.24, 2.45) is 0 Å². The molecule has 0 saturated carbocycles. The van der Waals surface area contributed by atoms with Crippen LogP contribution < -0.4 is 17.0 Å². The third kappa shape index (κ3) is 4.65. The van der Waals surface area contributed by atoms with Crippen LogP contribution in [0.25, 0.3) is 10.9 Å². The molecule has 2 aromatic carbocycles. The third-order valence-electron chi connectivity index (χ3n) is 3.40. The number of hydrogen-bond acceptors (Lipinski definition) is 3. The summed E-state index contributed by atoms with van der Waals surface area (Å²) in [6.07, 6.45) is 0. The number of aromatic nitrogens is 2. The minimum absolute atomic E-state index is 0.321. The van der Waals surface area contributed by atoms with Crippen LogP contribution in [0.1, 0.15) is 20.8 Å². The van der Waals surface area contributed by atoms with Crippen molar-refractivity contribution in [2.45, 2.75) is 26.3 Å². The number of halogens is 2. The maximum atomic E-state index is 12.2. The van der Waals surface area contributed by atoms with Crippen LogP contribution in [0.3, 0.4) is 0 Å². The summed E-state index contributed by atoms with van der Waals surface area (Å²) in [6, 6.07) is 11.9. The molecule has 0 aliphatic rings. The first-order valence-corrected chi connectivity index (χ1v) is 8.31. The van der Waals surface area contributed by atoms with Gasteiger partial charge in [0.05, 0.1) is 10.9 Å². The van der Waals surface area contributed by atoms with Crippen molar-refractivity contribution in [1.82, 2.24) is 9.55 Å². The lowest BCUT2D eigenvalue weighted by Crippen LogP contribution is -2.44. The van der Waals surface area contributed by atoms with Crippen LogP contribution in [0, 0.1) is 0 Å². The van der Waals surface area contributed by atoms with Gasteiger partial charge in [-0.15, -0.1) is 0 Å². The van der Waals surface area contributed by atoms with Gasteiger partial charge >= 0.3 is 5.69 Å². The first kappa shape index (κ1) is 19.1. The highest BCUT2D eigenvalue weighted by Crippen LogP contribution is 2.15. The van der Waals surface area contributed by atoms with Gasteiger partial charge in [0.1, 0.15) is 0 Å². The van der Waals surface area contributed by atoms with Crippen molar-refractivity contribution in [3.63, 3.8) is 0 Å². The van der Waals surface area contributed by atoms with Crippen molar-refractivity contribution in [1.29, 1.82) is 0 Å². The minimum Gasteiger partial charge on any atom is -0.399 e. The van der Waals surface area contributed by atoms with Crippen LogP contribution in [-0.4, -0.2) is 9.55 Å². The van der Waals surface area contributed by atoms with E-state index in [9.17, 15) is 9.59 Å². The van der Waals surface area contributed by atoms with Crippen LogP contribution in [0.2, 0.25) is 10.0 Å². The van der Waals surface area contributed by atoms with Gasteiger partial charge in [0.2, 0.25) is 0 Å². The second-order valence-electron chi connectivity index (χ2n) is 6.48. The minimum atomic E-state index is -0.568. The predicted molar refractivity (Wildman–Crippen MR) is 105 cm³/mol. The number of nitrogens with zero attached hydrogens (tertiary/aromatic N) is 1. The summed E-state index contributed by atoms with van der Waals surface area (Å²) in [4.78, 5) is 26.8. The number of fused-ring (bicyclic) bond motifs is 1. The van der Waals surface area contributed by atoms with Crippen molar-refractivity contribution < 1.29 is 0 Å². The summed E-state index contributed by atoms with van der Waals surface area (Å²) in [5.74, 6) is 0. The summed E-state index contributed by atoms with van der Waals surface area (Å²) in [7, 11) is 0. The molecule has 0 radical (unpaired) electrons. The van der Waals surface area contributed by atoms with E-state index in [1.807, 2.05) is 0 Å². The predicted octanol–water partition coefficient (Wildman–Crippen LogP) is 4.02. The zero-order chi connectivity index (χ0) is 18.8. The number of H-pyrrole nitrogens is 1. The van der Waals surface area contributed by atoms with Crippen molar-refractivity contribution in [2.75, 3.05) is 5.73 Å². The van der Waals surface area contributed by atoms with E-state index in [1.165, 1.54) is 4.57 Å². The average Bonchev–Trinajstić information content (AvgIpc) is 2.50. The lowest BCUT2D eigenvalue weighted by molar-refractivity contribution is 0.369. The monoisotopic (exact) mass is 379 g/mol. The van der Waals surface area contributed by atoms with Crippen molar-refractivity contribution >= 4 is 39.8 Å². The first-order chi connectivity index (χ1) is 11.6. The summed E-state index contributed by atoms with van der Waals surface area (Å²) in [6.45, 7) is 5.42. The van der Waals surface area contributed by atoms with Gasteiger partial charge in [-0.1, -0.05) is 23.2 Å². The van der Waals surface area contributed by atoms with Crippen LogP contribution in [0.15, 0.2) is 52.1 Å². The standard InChI is InChI=1S/C12H13ClN2O2.C6H6ClN/c1-12(2,3)15-10(16)8-6-7(13)4-5-9(8)14-11(15)17;7-5-1-3-6(8)4-2-5/h4-6H,1-3H3,(H,14,17);1-4H,8H2. The van der Waals surface area contributed by atoms with Crippen LogP contribution in [0.5, 0.6) is 0 Å². The number of nitrogens with one attached hydrogen (secondary N) is 1. The van der Waals surface area contributed by atoms with E-state index in [0.717, 1.165) is 10.7 Å². The molecule has 0 saturated heterocycles. The molecule has 132 valence electrons. The fourth-order valence-electron chi connectivity index (χ4n) is 2.26. The van der Waals surface area contributed by atoms with Gasteiger partial charge in [-0.05, 0) is 63.2 Å². The number of benzene rings is 2. The second-order valence-corrected chi connectivity index (χ2v) is 7.36. The second kappa shape index (κ2) is 7.33. The van der Waals surface area contributed by atoms with Crippen LogP contribution in [-0.2, 0) is 5.54 Å². The molecule has 0 fully saturated rings. The van der Waals surface area contributed by atoms with Crippen molar-refractivity contribution in [3.05, 3.63) is 73.3 Å². The molecule has 3 N–H and O–H groups in total. The maximum absolute atomic E-state index is 12.2. The van der Waals surface area contributed by atoms with Gasteiger partial charge < -0.3 is 10.7 Å². The molecule has 1 aromatic heterocycles. The number of aromatic amines is 1. The van der Waals surface area contributed by atoms with Gasteiger partial charge in [0.25, 0.3) is 5.56 Å². The Labute approximate surface area is 155 Å². The highest BCUT2D eigenvalue weighted by molar-refractivity contribution is 6.31. The summed E-state index contributed by atoms with van der Waals surface area (Å²) in [5.41, 5.74) is 5.32. The summed E-state index contributed by atoms with van der Waals surface area (Å²) < 4.78 is 1.20. The molecule has 0 unspecified atom stereocenters. The SMILES string of the molecule is CC(C)(C)n1c(=O)[nH]c2ccc(Cl)cc2c1=O.Nc1ccc(Cl)cc1. The Hall–Kier alpha value is -2.24. The van der Waals surface area contributed by atoms with Gasteiger partial charge in [-0.3, -0.25) is 9.36 Å². The largest absolute Gasteiger partial charge is 0.399 e. The zero-order valence-corrected chi connectivity index (χ0v) is 15.7. The van der Waals surface area contributed by atoms with Gasteiger partial charge in [0.15, 0.2) is 0 Å².